The zero-order valence-corrected chi connectivity index (χ0v) is 7.98. The van der Waals surface area contributed by atoms with E-state index >= 15 is 0 Å². The normalized spacial score (nSPS) is 35.8. The van der Waals surface area contributed by atoms with Gasteiger partial charge in [0.25, 0.3) is 0 Å². The number of alkyl halides is 1. The van der Waals surface area contributed by atoms with E-state index < -0.39 is 6.17 Å². The molecule has 1 amide bonds. The fraction of sp³-hybridized carbons (Fsp3) is 0.900. The molecule has 0 aliphatic heterocycles. The molecule has 0 bridgehead atoms. The van der Waals surface area contributed by atoms with Crippen LogP contribution >= 0.6 is 0 Å². The van der Waals surface area contributed by atoms with Gasteiger partial charge in [0, 0.05) is 11.5 Å². The van der Waals surface area contributed by atoms with Crippen molar-refractivity contribution in [1.82, 2.24) is 5.32 Å². The van der Waals surface area contributed by atoms with Crippen molar-refractivity contribution in [3.05, 3.63) is 0 Å². The molecule has 1 N–H and O–H groups in total. The van der Waals surface area contributed by atoms with E-state index in [1.807, 2.05) is 6.92 Å². The van der Waals surface area contributed by atoms with Crippen LogP contribution in [0, 0.1) is 5.41 Å². The Morgan fingerprint density at radius 2 is 2.15 bits per heavy atom. The zero-order chi connectivity index (χ0) is 9.47. The van der Waals surface area contributed by atoms with E-state index in [1.165, 1.54) is 0 Å². The number of hydrogen-bond donors (Lipinski definition) is 1. The highest BCUT2D eigenvalue weighted by Crippen LogP contribution is 2.45. The first-order chi connectivity index (χ1) is 6.10. The highest BCUT2D eigenvalue weighted by atomic mass is 19.1. The second kappa shape index (κ2) is 2.96. The minimum Gasteiger partial charge on any atom is -0.353 e. The average Bonchev–Trinajstić information content (AvgIpc) is 2.69. The number of hydrogen-bond acceptors (Lipinski definition) is 1. The Kier molecular flexibility index (Phi) is 2.05. The zero-order valence-electron chi connectivity index (χ0n) is 7.98. The topological polar surface area (TPSA) is 29.1 Å². The molecular formula is C10H16FNO. The SMILES string of the molecule is CC1(C(=O)NC2CCC(F)C2)CC1. The lowest BCUT2D eigenvalue weighted by atomic mass is 10.1. The molecule has 2 aliphatic rings. The molecule has 2 aliphatic carbocycles. The number of halogens is 1. The first kappa shape index (κ1) is 8.97. The fourth-order valence-electron chi connectivity index (χ4n) is 1.83. The minimum absolute atomic E-state index is 0.0972. The van der Waals surface area contributed by atoms with E-state index in [9.17, 15) is 9.18 Å². The van der Waals surface area contributed by atoms with Crippen molar-refractivity contribution in [3.8, 4) is 0 Å². The van der Waals surface area contributed by atoms with Crippen LogP contribution in [0.1, 0.15) is 39.0 Å². The van der Waals surface area contributed by atoms with Gasteiger partial charge < -0.3 is 5.32 Å². The molecule has 0 spiro atoms. The smallest absolute Gasteiger partial charge is 0.226 e. The Morgan fingerprint density at radius 1 is 1.46 bits per heavy atom. The molecule has 2 saturated carbocycles. The van der Waals surface area contributed by atoms with Crippen molar-refractivity contribution < 1.29 is 9.18 Å². The first-order valence-corrected chi connectivity index (χ1v) is 5.05. The van der Waals surface area contributed by atoms with Gasteiger partial charge in [0.1, 0.15) is 6.17 Å². The molecule has 74 valence electrons. The lowest BCUT2D eigenvalue weighted by Gasteiger charge is -2.15. The predicted octanol–water partition coefficient (Wildman–Crippen LogP) is 1.79. The monoisotopic (exact) mass is 185 g/mol. The van der Waals surface area contributed by atoms with Crippen LogP contribution in [0.4, 0.5) is 4.39 Å². The summed E-state index contributed by atoms with van der Waals surface area (Å²) in [5.74, 6) is 0.131. The van der Waals surface area contributed by atoms with Crippen molar-refractivity contribution in [2.75, 3.05) is 0 Å². The largest absolute Gasteiger partial charge is 0.353 e. The number of nitrogens with one attached hydrogen (secondary N) is 1. The van der Waals surface area contributed by atoms with E-state index in [1.54, 1.807) is 0 Å². The molecule has 0 aromatic carbocycles. The molecule has 0 radical (unpaired) electrons. The molecule has 13 heavy (non-hydrogen) atoms. The van der Waals surface area contributed by atoms with Crippen molar-refractivity contribution in [2.45, 2.75) is 51.2 Å². The maximum atomic E-state index is 12.8. The van der Waals surface area contributed by atoms with Gasteiger partial charge in [0.2, 0.25) is 5.91 Å². The molecule has 2 atom stereocenters. The van der Waals surface area contributed by atoms with Crippen LogP contribution in [0.2, 0.25) is 0 Å². The predicted molar refractivity (Wildman–Crippen MR) is 48.0 cm³/mol. The molecule has 3 heteroatoms. The summed E-state index contributed by atoms with van der Waals surface area (Å²) < 4.78 is 12.8. The lowest BCUT2D eigenvalue weighted by Crippen LogP contribution is -2.37. The molecular weight excluding hydrogens is 169 g/mol. The van der Waals surface area contributed by atoms with Crippen LogP contribution in [0.25, 0.3) is 0 Å². The highest BCUT2D eigenvalue weighted by Gasteiger charge is 2.45. The molecule has 0 heterocycles. The Labute approximate surface area is 77.9 Å². The Hall–Kier alpha value is -0.600. The van der Waals surface area contributed by atoms with Gasteiger partial charge in [-0.05, 0) is 32.1 Å². The quantitative estimate of drug-likeness (QED) is 0.698. The third kappa shape index (κ3) is 1.84. The summed E-state index contributed by atoms with van der Waals surface area (Å²) in [7, 11) is 0. The Morgan fingerprint density at radius 3 is 2.62 bits per heavy atom. The van der Waals surface area contributed by atoms with Crippen LogP contribution in [0.3, 0.4) is 0 Å². The average molecular weight is 185 g/mol. The summed E-state index contributed by atoms with van der Waals surface area (Å²) in [6.45, 7) is 1.98. The number of amides is 1. The van der Waals surface area contributed by atoms with E-state index in [4.69, 9.17) is 0 Å². The van der Waals surface area contributed by atoms with Gasteiger partial charge in [0.05, 0.1) is 0 Å². The van der Waals surface area contributed by atoms with Crippen molar-refractivity contribution >= 4 is 5.91 Å². The lowest BCUT2D eigenvalue weighted by molar-refractivity contribution is -0.126. The number of carbonyl (C=O) groups excluding carboxylic acids is 1. The summed E-state index contributed by atoms with van der Waals surface area (Å²) in [6, 6.07) is 0.0972. The maximum Gasteiger partial charge on any atom is 0.226 e. The van der Waals surface area contributed by atoms with Crippen molar-refractivity contribution in [3.63, 3.8) is 0 Å². The van der Waals surface area contributed by atoms with Crippen LogP contribution in [0.15, 0.2) is 0 Å². The van der Waals surface area contributed by atoms with E-state index in [0.29, 0.717) is 12.8 Å². The molecule has 0 aromatic heterocycles. The number of carbonyl (C=O) groups is 1. The van der Waals surface area contributed by atoms with Gasteiger partial charge in [-0.1, -0.05) is 6.92 Å². The minimum atomic E-state index is -0.697. The Bertz CT molecular complexity index is 225. The molecule has 0 aromatic rings. The van der Waals surface area contributed by atoms with Crippen LogP contribution < -0.4 is 5.32 Å². The summed E-state index contributed by atoms with van der Waals surface area (Å²) in [6.07, 6.45) is 3.22. The van der Waals surface area contributed by atoms with Gasteiger partial charge in [-0.3, -0.25) is 4.79 Å². The van der Waals surface area contributed by atoms with E-state index in [0.717, 1.165) is 19.3 Å². The second-order valence-electron chi connectivity index (χ2n) is 4.64. The third-order valence-electron chi connectivity index (χ3n) is 3.25. The summed E-state index contributed by atoms with van der Waals surface area (Å²) in [5.41, 5.74) is -0.117. The standard InChI is InChI=1S/C10H16FNO/c1-10(4-5-10)9(13)12-8-3-2-7(11)6-8/h7-8H,2-6H2,1H3,(H,12,13). The molecule has 2 unspecified atom stereocenters. The van der Waals surface area contributed by atoms with Crippen LogP contribution in [-0.4, -0.2) is 18.1 Å². The molecule has 0 saturated heterocycles. The number of rotatable bonds is 2. The van der Waals surface area contributed by atoms with Gasteiger partial charge in [-0.2, -0.15) is 0 Å². The van der Waals surface area contributed by atoms with Gasteiger partial charge in [-0.15, -0.1) is 0 Å². The molecule has 2 fully saturated rings. The summed E-state index contributed by atoms with van der Waals surface area (Å²) >= 11 is 0. The summed E-state index contributed by atoms with van der Waals surface area (Å²) in [4.78, 5) is 11.6. The Balaban J connectivity index is 1.81. The maximum absolute atomic E-state index is 12.8. The first-order valence-electron chi connectivity index (χ1n) is 5.05. The molecule has 2 rings (SSSR count). The highest BCUT2D eigenvalue weighted by molar-refractivity contribution is 5.85. The van der Waals surface area contributed by atoms with E-state index in [-0.39, 0.29) is 17.4 Å². The third-order valence-corrected chi connectivity index (χ3v) is 3.25. The van der Waals surface area contributed by atoms with Gasteiger partial charge in [-0.25, -0.2) is 4.39 Å². The van der Waals surface area contributed by atoms with Gasteiger partial charge >= 0.3 is 0 Å². The fourth-order valence-corrected chi connectivity index (χ4v) is 1.83. The van der Waals surface area contributed by atoms with Crippen molar-refractivity contribution in [2.24, 2.45) is 5.41 Å². The van der Waals surface area contributed by atoms with Crippen molar-refractivity contribution in [1.29, 1.82) is 0 Å². The second-order valence-corrected chi connectivity index (χ2v) is 4.64. The summed E-state index contributed by atoms with van der Waals surface area (Å²) in [5, 5.41) is 2.93. The molecule has 2 nitrogen and oxygen atoms in total. The van der Waals surface area contributed by atoms with Gasteiger partial charge in [0.15, 0.2) is 0 Å². The van der Waals surface area contributed by atoms with Crippen LogP contribution in [0.5, 0.6) is 0 Å². The van der Waals surface area contributed by atoms with Crippen LogP contribution in [-0.2, 0) is 4.79 Å². The van der Waals surface area contributed by atoms with E-state index in [2.05, 4.69) is 5.32 Å².